The van der Waals surface area contributed by atoms with E-state index in [9.17, 15) is 14.7 Å². The fourth-order valence-electron chi connectivity index (χ4n) is 1.76. The number of nitrogens with one attached hydrogen (secondary N) is 1. The molecule has 0 saturated heterocycles. The average Bonchev–Trinajstić information content (AvgIpc) is 2.46. The minimum Gasteiger partial charge on any atom is -0.504 e. The van der Waals surface area contributed by atoms with Gasteiger partial charge in [-0.3, -0.25) is 4.79 Å². The molecule has 3 atom stereocenters. The van der Waals surface area contributed by atoms with Crippen molar-refractivity contribution >= 4 is 21.3 Å². The molecule has 22 heavy (non-hydrogen) atoms. The third kappa shape index (κ3) is 5.16. The van der Waals surface area contributed by atoms with E-state index >= 15 is 0 Å². The summed E-state index contributed by atoms with van der Waals surface area (Å²) >= 11 is 0. The number of rotatable bonds is 7. The number of carbonyl (C=O) groups excluding carboxylic acids is 2. The maximum atomic E-state index is 11.9. The summed E-state index contributed by atoms with van der Waals surface area (Å²) in [4.78, 5) is 23.6. The Morgan fingerprint density at radius 1 is 1.45 bits per heavy atom. The monoisotopic (exact) mass is 328 g/mol. The summed E-state index contributed by atoms with van der Waals surface area (Å²) in [5.74, 6) is -0.774. The number of amides is 1. The van der Waals surface area contributed by atoms with Crippen molar-refractivity contribution in [1.29, 1.82) is 0 Å². The minimum atomic E-state index is -0.874. The lowest BCUT2D eigenvalue weighted by molar-refractivity contribution is -0.147. The smallest absolute Gasteiger partial charge is 0.328 e. The molecule has 0 radical (unpaired) electrons. The topological polar surface area (TPSA) is 111 Å². The van der Waals surface area contributed by atoms with Crippen LogP contribution in [-0.4, -0.2) is 35.7 Å². The summed E-state index contributed by atoms with van der Waals surface area (Å²) in [5.41, 5.74) is 6.14. The number of esters is 1. The second-order valence-corrected chi connectivity index (χ2v) is 4.96. The Morgan fingerprint density at radius 2 is 2.14 bits per heavy atom. The molecule has 122 valence electrons. The first-order valence-corrected chi connectivity index (χ1v) is 7.27. The van der Waals surface area contributed by atoms with Crippen LogP contribution in [0.25, 0.3) is 0 Å². The molecule has 0 bridgehead atoms. The van der Waals surface area contributed by atoms with Gasteiger partial charge in [0.1, 0.15) is 6.04 Å². The van der Waals surface area contributed by atoms with E-state index in [2.05, 4.69) is 5.32 Å². The first-order chi connectivity index (χ1) is 10.4. The number of ether oxygens (including phenoxy) is 1. The van der Waals surface area contributed by atoms with Gasteiger partial charge in [-0.05, 0) is 31.5 Å². The molecule has 0 spiro atoms. The number of carbonyl (C=O) groups is 2. The summed E-state index contributed by atoms with van der Waals surface area (Å²) in [5, 5.41) is 12.3. The number of benzene rings is 1. The van der Waals surface area contributed by atoms with E-state index in [4.69, 9.17) is 15.0 Å². The van der Waals surface area contributed by atoms with E-state index in [0.29, 0.717) is 11.3 Å². The summed E-state index contributed by atoms with van der Waals surface area (Å²) in [6.07, 6.45) is 0.169. The predicted octanol–water partition coefficient (Wildman–Crippen LogP) is 0.499. The largest absolute Gasteiger partial charge is 0.504 e. The highest BCUT2D eigenvalue weighted by molar-refractivity contribution is 7.10. The zero-order valence-electron chi connectivity index (χ0n) is 12.5. The van der Waals surface area contributed by atoms with Crippen LogP contribution in [0.5, 0.6) is 11.5 Å². The molecule has 0 aliphatic heterocycles. The van der Waals surface area contributed by atoms with E-state index in [1.165, 1.54) is 13.0 Å². The Hall–Kier alpha value is -1.85. The normalized spacial score (nSPS) is 13.1. The maximum Gasteiger partial charge on any atom is 0.328 e. The molecule has 0 aliphatic carbocycles. The second kappa shape index (κ2) is 8.56. The highest BCUT2D eigenvalue weighted by Crippen LogP contribution is 2.28. The van der Waals surface area contributed by atoms with Gasteiger partial charge in [-0.1, -0.05) is 6.07 Å². The van der Waals surface area contributed by atoms with Crippen molar-refractivity contribution in [3.8, 4) is 11.5 Å². The molecular formula is C14H21N2O5P. The van der Waals surface area contributed by atoms with Crippen LogP contribution in [-0.2, 0) is 20.7 Å². The van der Waals surface area contributed by atoms with Crippen molar-refractivity contribution in [2.45, 2.75) is 32.4 Å². The fourth-order valence-corrected chi connectivity index (χ4v) is 1.96. The van der Waals surface area contributed by atoms with Crippen molar-refractivity contribution in [1.82, 2.24) is 5.32 Å². The Kier molecular flexibility index (Phi) is 7.08. The summed E-state index contributed by atoms with van der Waals surface area (Å²) in [6, 6.07) is 3.10. The van der Waals surface area contributed by atoms with Crippen LogP contribution >= 0.6 is 9.47 Å². The van der Waals surface area contributed by atoms with Gasteiger partial charge in [0.2, 0.25) is 5.91 Å². The van der Waals surface area contributed by atoms with Crippen molar-refractivity contribution in [2.24, 2.45) is 5.73 Å². The van der Waals surface area contributed by atoms with Crippen LogP contribution in [0.1, 0.15) is 19.4 Å². The molecule has 0 fully saturated rings. The molecule has 1 amide bonds. The molecule has 1 aromatic rings. The Balaban J connectivity index is 2.89. The number of phenolic OH excluding ortho intramolecular Hbond substituents is 1. The van der Waals surface area contributed by atoms with Gasteiger partial charge in [0.05, 0.1) is 22.1 Å². The zero-order chi connectivity index (χ0) is 16.7. The number of nitrogens with two attached hydrogens (primary N) is 1. The van der Waals surface area contributed by atoms with Crippen LogP contribution in [0.15, 0.2) is 18.2 Å². The number of hydrogen-bond acceptors (Lipinski definition) is 6. The Labute approximate surface area is 131 Å². The van der Waals surface area contributed by atoms with Crippen LogP contribution < -0.4 is 15.6 Å². The van der Waals surface area contributed by atoms with E-state index in [-0.39, 0.29) is 18.8 Å². The molecule has 1 rings (SSSR count). The SMILES string of the molecule is CCOC(=O)[C@H](Cc1ccc(OP)c(O)c1)NC(=O)[C@H](C)N. The van der Waals surface area contributed by atoms with E-state index < -0.39 is 24.0 Å². The molecule has 7 nitrogen and oxygen atoms in total. The first-order valence-electron chi connectivity index (χ1n) is 6.80. The number of aromatic hydroxyl groups is 1. The number of phenols is 1. The van der Waals surface area contributed by atoms with Gasteiger partial charge >= 0.3 is 5.97 Å². The molecule has 0 aliphatic rings. The Bertz CT molecular complexity index is 536. The van der Waals surface area contributed by atoms with Gasteiger partial charge in [0.15, 0.2) is 11.5 Å². The lowest BCUT2D eigenvalue weighted by Gasteiger charge is -2.19. The second-order valence-electron chi connectivity index (χ2n) is 4.73. The summed E-state index contributed by atoms with van der Waals surface area (Å²) < 4.78 is 9.82. The van der Waals surface area contributed by atoms with E-state index in [0.717, 1.165) is 0 Å². The van der Waals surface area contributed by atoms with Crippen molar-refractivity contribution in [3.05, 3.63) is 23.8 Å². The Morgan fingerprint density at radius 3 is 2.64 bits per heavy atom. The lowest BCUT2D eigenvalue weighted by Crippen LogP contribution is -2.48. The standard InChI is InChI=1S/C14H21N2O5P/c1-3-20-14(19)10(16-13(18)8(2)15)6-9-4-5-12(21-22)11(17)7-9/h4-5,7-8,10,17H,3,6,15,22H2,1-2H3,(H,16,18)/t8-,10-/m0/s1. The zero-order valence-corrected chi connectivity index (χ0v) is 13.7. The molecule has 4 N–H and O–H groups in total. The minimum absolute atomic E-state index is 0.0615. The fraction of sp³-hybridized carbons (Fsp3) is 0.429. The molecule has 0 saturated carbocycles. The molecule has 1 unspecified atom stereocenters. The van der Waals surface area contributed by atoms with Crippen molar-refractivity contribution in [2.75, 3.05) is 6.61 Å². The van der Waals surface area contributed by atoms with Crippen LogP contribution in [0.3, 0.4) is 0 Å². The molecule has 8 heteroatoms. The molecular weight excluding hydrogens is 307 g/mol. The predicted molar refractivity (Wildman–Crippen MR) is 84.4 cm³/mol. The van der Waals surface area contributed by atoms with Gasteiger partial charge in [0, 0.05) is 6.42 Å². The van der Waals surface area contributed by atoms with Gasteiger partial charge in [0.25, 0.3) is 0 Å². The average molecular weight is 328 g/mol. The maximum absolute atomic E-state index is 11.9. The molecule has 1 aromatic carbocycles. The number of hydrogen-bond donors (Lipinski definition) is 3. The first kappa shape index (κ1) is 18.2. The van der Waals surface area contributed by atoms with Crippen LogP contribution in [0.2, 0.25) is 0 Å². The summed E-state index contributed by atoms with van der Waals surface area (Å²) in [7, 11) is 2.03. The van der Waals surface area contributed by atoms with Crippen molar-refractivity contribution in [3.63, 3.8) is 0 Å². The lowest BCUT2D eigenvalue weighted by atomic mass is 10.0. The third-order valence-electron chi connectivity index (χ3n) is 2.89. The van der Waals surface area contributed by atoms with E-state index in [1.54, 1.807) is 19.1 Å². The van der Waals surface area contributed by atoms with Gasteiger partial charge in [-0.15, -0.1) is 0 Å². The summed E-state index contributed by atoms with van der Waals surface area (Å²) in [6.45, 7) is 3.40. The van der Waals surface area contributed by atoms with Gasteiger partial charge in [-0.2, -0.15) is 0 Å². The highest BCUT2D eigenvalue weighted by atomic mass is 31.0. The van der Waals surface area contributed by atoms with Crippen molar-refractivity contribution < 1.29 is 24.0 Å². The molecule has 0 heterocycles. The van der Waals surface area contributed by atoms with E-state index in [1.807, 2.05) is 9.47 Å². The highest BCUT2D eigenvalue weighted by Gasteiger charge is 2.24. The molecule has 0 aromatic heterocycles. The van der Waals surface area contributed by atoms with Gasteiger partial charge < -0.3 is 25.4 Å². The third-order valence-corrected chi connectivity index (χ3v) is 3.15. The van der Waals surface area contributed by atoms with Crippen LogP contribution in [0.4, 0.5) is 0 Å². The van der Waals surface area contributed by atoms with Gasteiger partial charge in [-0.25, -0.2) is 4.79 Å². The van der Waals surface area contributed by atoms with Crippen LogP contribution in [0, 0.1) is 0 Å². The quantitative estimate of drug-likeness (QED) is 0.496.